The summed E-state index contributed by atoms with van der Waals surface area (Å²) in [4.78, 5) is 25.1. The Kier molecular flexibility index (Phi) is 5.12. The minimum atomic E-state index is -0.0531. The van der Waals surface area contributed by atoms with E-state index in [-0.39, 0.29) is 17.7 Å². The van der Waals surface area contributed by atoms with Gasteiger partial charge in [-0.25, -0.2) is 0 Å². The molecule has 2 N–H and O–H groups in total. The zero-order chi connectivity index (χ0) is 18.6. The first-order valence-corrected chi connectivity index (χ1v) is 9.98. The van der Waals surface area contributed by atoms with E-state index in [9.17, 15) is 9.59 Å². The van der Waals surface area contributed by atoms with Crippen LogP contribution in [0.15, 0.2) is 71.6 Å². The molecule has 1 saturated carbocycles. The molecule has 0 saturated heterocycles. The third kappa shape index (κ3) is 4.68. The number of thioether (sulfide) groups is 1. The fraction of sp³-hybridized carbons (Fsp3) is 0.182. The smallest absolute Gasteiger partial charge is 0.234 e. The number of carbonyl (C=O) groups is 2. The van der Waals surface area contributed by atoms with Crippen molar-refractivity contribution in [3.8, 4) is 0 Å². The summed E-state index contributed by atoms with van der Waals surface area (Å²) in [6, 6.07) is 21.6. The Balaban J connectivity index is 1.33. The molecule has 1 aliphatic rings. The second-order valence-corrected chi connectivity index (χ2v) is 7.74. The Labute approximate surface area is 162 Å². The first-order valence-electron chi connectivity index (χ1n) is 9.00. The summed E-state index contributed by atoms with van der Waals surface area (Å²) in [6.07, 6.45) is 1.96. The number of benzene rings is 3. The lowest BCUT2D eigenvalue weighted by Gasteiger charge is -2.08. The Hall–Kier alpha value is -2.79. The molecule has 0 heterocycles. The molecule has 0 unspecified atom stereocenters. The molecule has 0 aliphatic heterocycles. The number of amides is 2. The molecular weight excluding hydrogens is 356 g/mol. The average Bonchev–Trinajstić information content (AvgIpc) is 3.52. The molecule has 0 aromatic heterocycles. The number of anilines is 2. The van der Waals surface area contributed by atoms with Crippen molar-refractivity contribution in [1.29, 1.82) is 0 Å². The first kappa shape index (κ1) is 17.6. The highest BCUT2D eigenvalue weighted by Gasteiger charge is 2.29. The van der Waals surface area contributed by atoms with Crippen LogP contribution >= 0.6 is 11.8 Å². The quantitative estimate of drug-likeness (QED) is 0.601. The number of hydrogen-bond acceptors (Lipinski definition) is 3. The Morgan fingerprint density at radius 2 is 1.63 bits per heavy atom. The molecule has 1 fully saturated rings. The number of hydrogen-bond donors (Lipinski definition) is 2. The van der Waals surface area contributed by atoms with Crippen molar-refractivity contribution < 1.29 is 9.59 Å². The van der Waals surface area contributed by atoms with Crippen LogP contribution < -0.4 is 10.6 Å². The maximum atomic E-state index is 12.3. The van der Waals surface area contributed by atoms with Gasteiger partial charge >= 0.3 is 0 Å². The van der Waals surface area contributed by atoms with Gasteiger partial charge in [-0.3, -0.25) is 9.59 Å². The van der Waals surface area contributed by atoms with Crippen LogP contribution in [0.5, 0.6) is 0 Å². The van der Waals surface area contributed by atoms with Crippen LogP contribution in [0.4, 0.5) is 11.4 Å². The van der Waals surface area contributed by atoms with Crippen molar-refractivity contribution in [2.45, 2.75) is 17.7 Å². The summed E-state index contributed by atoms with van der Waals surface area (Å²) < 4.78 is 0. The number of rotatable bonds is 6. The lowest BCUT2D eigenvalue weighted by atomic mass is 10.1. The highest BCUT2D eigenvalue weighted by atomic mass is 32.2. The molecule has 0 spiro atoms. The Morgan fingerprint density at radius 3 is 2.44 bits per heavy atom. The van der Waals surface area contributed by atoms with Crippen LogP contribution in [0, 0.1) is 5.92 Å². The van der Waals surface area contributed by atoms with Crippen LogP contribution in [0.2, 0.25) is 0 Å². The van der Waals surface area contributed by atoms with E-state index in [0.717, 1.165) is 39.9 Å². The third-order valence-corrected chi connectivity index (χ3v) is 5.45. The predicted octanol–water partition coefficient (Wildman–Crippen LogP) is 4.92. The van der Waals surface area contributed by atoms with Gasteiger partial charge in [0.1, 0.15) is 0 Å². The van der Waals surface area contributed by atoms with Gasteiger partial charge < -0.3 is 10.6 Å². The topological polar surface area (TPSA) is 58.2 Å². The van der Waals surface area contributed by atoms with Gasteiger partial charge in [0.2, 0.25) is 11.8 Å². The summed E-state index contributed by atoms with van der Waals surface area (Å²) in [5.41, 5.74) is 1.58. The van der Waals surface area contributed by atoms with E-state index in [4.69, 9.17) is 0 Å². The normalized spacial score (nSPS) is 13.3. The summed E-state index contributed by atoms with van der Waals surface area (Å²) in [5, 5.41) is 8.13. The molecule has 2 amide bonds. The van der Waals surface area contributed by atoms with E-state index in [1.807, 2.05) is 66.7 Å². The minimum absolute atomic E-state index is 0.0531. The molecule has 1 aliphatic carbocycles. The molecule has 0 bridgehead atoms. The van der Waals surface area contributed by atoms with Crippen molar-refractivity contribution >= 4 is 45.7 Å². The molecule has 4 nitrogen and oxygen atoms in total. The fourth-order valence-corrected chi connectivity index (χ4v) is 3.62. The fourth-order valence-electron chi connectivity index (χ4n) is 2.87. The van der Waals surface area contributed by atoms with E-state index in [2.05, 4.69) is 10.6 Å². The summed E-state index contributed by atoms with van der Waals surface area (Å²) >= 11 is 1.45. The van der Waals surface area contributed by atoms with Gasteiger partial charge in [0.25, 0.3) is 0 Å². The van der Waals surface area contributed by atoms with Gasteiger partial charge in [-0.1, -0.05) is 36.4 Å². The molecule has 136 valence electrons. The Morgan fingerprint density at radius 1 is 0.852 bits per heavy atom. The van der Waals surface area contributed by atoms with E-state index in [0.29, 0.717) is 5.75 Å². The van der Waals surface area contributed by atoms with Crippen LogP contribution in [0.3, 0.4) is 0 Å². The van der Waals surface area contributed by atoms with Crippen molar-refractivity contribution in [1.82, 2.24) is 0 Å². The standard InChI is InChI=1S/C22H20N2O2S/c25-21(23-19-11-10-15-4-1-2-5-17(15)12-19)14-27-20-7-3-6-18(13-20)24-22(26)16-8-9-16/h1-7,10-13,16H,8-9,14H2,(H,23,25)(H,24,26). The molecule has 5 heteroatoms. The largest absolute Gasteiger partial charge is 0.326 e. The van der Waals surface area contributed by atoms with Crippen molar-refractivity contribution in [3.63, 3.8) is 0 Å². The zero-order valence-corrected chi connectivity index (χ0v) is 15.6. The highest BCUT2D eigenvalue weighted by molar-refractivity contribution is 8.00. The van der Waals surface area contributed by atoms with Crippen LogP contribution in [-0.2, 0) is 9.59 Å². The highest BCUT2D eigenvalue weighted by Crippen LogP contribution is 2.31. The predicted molar refractivity (Wildman–Crippen MR) is 111 cm³/mol. The summed E-state index contributed by atoms with van der Waals surface area (Å²) in [5.74, 6) is 0.523. The number of fused-ring (bicyclic) bond motifs is 1. The van der Waals surface area contributed by atoms with Gasteiger partial charge in [-0.05, 0) is 53.9 Å². The second kappa shape index (κ2) is 7.84. The lowest BCUT2D eigenvalue weighted by molar-refractivity contribution is -0.117. The molecule has 3 aromatic carbocycles. The maximum Gasteiger partial charge on any atom is 0.234 e. The zero-order valence-electron chi connectivity index (χ0n) is 14.8. The number of carbonyl (C=O) groups excluding carboxylic acids is 2. The Bertz CT molecular complexity index is 998. The molecular formula is C22H20N2O2S. The average molecular weight is 376 g/mol. The maximum absolute atomic E-state index is 12.3. The third-order valence-electron chi connectivity index (χ3n) is 4.45. The molecule has 4 rings (SSSR count). The molecule has 0 radical (unpaired) electrons. The minimum Gasteiger partial charge on any atom is -0.326 e. The van der Waals surface area contributed by atoms with E-state index >= 15 is 0 Å². The SMILES string of the molecule is O=C(CSc1cccc(NC(=O)C2CC2)c1)Nc1ccc2ccccc2c1. The van der Waals surface area contributed by atoms with E-state index < -0.39 is 0 Å². The van der Waals surface area contributed by atoms with Gasteiger partial charge in [0, 0.05) is 22.2 Å². The first-order chi connectivity index (χ1) is 13.2. The van der Waals surface area contributed by atoms with Crippen molar-refractivity contribution in [2.75, 3.05) is 16.4 Å². The molecule has 27 heavy (non-hydrogen) atoms. The van der Waals surface area contributed by atoms with Crippen molar-refractivity contribution in [3.05, 3.63) is 66.7 Å². The summed E-state index contributed by atoms with van der Waals surface area (Å²) in [7, 11) is 0. The van der Waals surface area contributed by atoms with E-state index in [1.54, 1.807) is 0 Å². The van der Waals surface area contributed by atoms with Crippen LogP contribution in [0.25, 0.3) is 10.8 Å². The number of nitrogens with one attached hydrogen (secondary N) is 2. The summed E-state index contributed by atoms with van der Waals surface area (Å²) in [6.45, 7) is 0. The molecule has 0 atom stereocenters. The van der Waals surface area contributed by atoms with E-state index in [1.165, 1.54) is 11.8 Å². The van der Waals surface area contributed by atoms with Gasteiger partial charge in [0.15, 0.2) is 0 Å². The van der Waals surface area contributed by atoms with Gasteiger partial charge in [-0.2, -0.15) is 0 Å². The van der Waals surface area contributed by atoms with Gasteiger partial charge in [0.05, 0.1) is 5.75 Å². The van der Waals surface area contributed by atoms with Crippen LogP contribution in [0.1, 0.15) is 12.8 Å². The monoisotopic (exact) mass is 376 g/mol. The molecule has 3 aromatic rings. The second-order valence-electron chi connectivity index (χ2n) is 6.69. The van der Waals surface area contributed by atoms with Crippen LogP contribution in [-0.4, -0.2) is 17.6 Å². The van der Waals surface area contributed by atoms with Crippen molar-refractivity contribution in [2.24, 2.45) is 5.92 Å². The lowest BCUT2D eigenvalue weighted by Crippen LogP contribution is -2.14. The van der Waals surface area contributed by atoms with Gasteiger partial charge in [-0.15, -0.1) is 11.8 Å².